The summed E-state index contributed by atoms with van der Waals surface area (Å²) in [5, 5.41) is 21.0. The van der Waals surface area contributed by atoms with Crippen LogP contribution in [0.15, 0.2) is 36.4 Å². The molecule has 0 spiro atoms. The SMILES string of the molecule is COC(=O)CCCCCNC(=O)[C@H](Cc1ccccc1)NC(=O)CNC(=O)[C@@H](CCSC)NC(=O)[C@@H](N)Cc1c(C)cc(O)c(C)c1C.Cl.O. The van der Waals surface area contributed by atoms with Crippen molar-refractivity contribution >= 4 is 53.8 Å². The van der Waals surface area contributed by atoms with E-state index < -0.39 is 42.4 Å². The number of aromatic hydroxyl groups is 1. The molecule has 2 aromatic rings. The molecule has 0 fully saturated rings. The van der Waals surface area contributed by atoms with Crippen LogP contribution in [0.5, 0.6) is 5.75 Å². The minimum Gasteiger partial charge on any atom is -0.508 e. The van der Waals surface area contributed by atoms with Gasteiger partial charge in [0.05, 0.1) is 19.7 Å². The second-order valence-electron chi connectivity index (χ2n) is 11.8. The minimum absolute atomic E-state index is 0. The molecule has 280 valence electrons. The number of thioether (sulfide) groups is 1. The summed E-state index contributed by atoms with van der Waals surface area (Å²) in [6.45, 7) is 5.49. The Morgan fingerprint density at radius 2 is 1.54 bits per heavy atom. The third kappa shape index (κ3) is 15.8. The van der Waals surface area contributed by atoms with Crippen molar-refractivity contribution < 1.29 is 39.3 Å². The van der Waals surface area contributed by atoms with Crippen LogP contribution >= 0.6 is 24.2 Å². The quantitative estimate of drug-likeness (QED) is 0.0859. The van der Waals surface area contributed by atoms with Gasteiger partial charge >= 0.3 is 5.97 Å². The highest BCUT2D eigenvalue weighted by Crippen LogP contribution is 2.27. The topological polar surface area (TPSA) is 220 Å². The number of methoxy groups -OCH3 is 1. The molecule has 13 nitrogen and oxygen atoms in total. The number of hydrogen-bond acceptors (Lipinski definition) is 9. The first-order valence-electron chi connectivity index (χ1n) is 16.2. The number of amides is 4. The zero-order chi connectivity index (χ0) is 35.6. The maximum atomic E-state index is 13.2. The molecule has 3 atom stereocenters. The van der Waals surface area contributed by atoms with E-state index in [1.807, 2.05) is 50.4 Å². The lowest BCUT2D eigenvalue weighted by molar-refractivity contribution is -0.140. The summed E-state index contributed by atoms with van der Waals surface area (Å²) < 4.78 is 4.64. The van der Waals surface area contributed by atoms with Gasteiger partial charge in [0, 0.05) is 19.4 Å². The fourth-order valence-corrected chi connectivity index (χ4v) is 5.60. The number of carbonyl (C=O) groups is 5. The molecule has 0 saturated heterocycles. The predicted molar refractivity (Wildman–Crippen MR) is 198 cm³/mol. The lowest BCUT2D eigenvalue weighted by atomic mass is 9.92. The molecule has 0 heterocycles. The average molecular weight is 740 g/mol. The van der Waals surface area contributed by atoms with E-state index in [4.69, 9.17) is 5.73 Å². The van der Waals surface area contributed by atoms with Gasteiger partial charge in [-0.3, -0.25) is 24.0 Å². The second-order valence-corrected chi connectivity index (χ2v) is 12.8. The Balaban J connectivity index is 0.0000120. The monoisotopic (exact) mass is 739 g/mol. The summed E-state index contributed by atoms with van der Waals surface area (Å²) in [7, 11) is 1.34. The lowest BCUT2D eigenvalue weighted by Crippen LogP contribution is -2.54. The van der Waals surface area contributed by atoms with Crippen molar-refractivity contribution in [2.75, 3.05) is 32.2 Å². The first-order chi connectivity index (χ1) is 22.9. The first-order valence-corrected chi connectivity index (χ1v) is 17.6. The highest BCUT2D eigenvalue weighted by molar-refractivity contribution is 7.98. The van der Waals surface area contributed by atoms with E-state index in [2.05, 4.69) is 26.0 Å². The zero-order valence-corrected chi connectivity index (χ0v) is 31.2. The first kappa shape index (κ1) is 46.1. The molecule has 0 aliphatic carbocycles. The van der Waals surface area contributed by atoms with Crippen molar-refractivity contribution in [3.63, 3.8) is 0 Å². The number of hydrogen-bond donors (Lipinski definition) is 6. The van der Waals surface area contributed by atoms with Crippen LogP contribution in [0.2, 0.25) is 0 Å². The number of phenolic OH excluding ortho intramolecular Hbond substituents is 1. The molecular weight excluding hydrogens is 686 g/mol. The molecule has 0 unspecified atom stereocenters. The predicted octanol–water partition coefficient (Wildman–Crippen LogP) is 1.72. The number of phenols is 1. The zero-order valence-electron chi connectivity index (χ0n) is 29.6. The molecule has 0 radical (unpaired) electrons. The summed E-state index contributed by atoms with van der Waals surface area (Å²) >= 11 is 1.51. The Labute approximate surface area is 305 Å². The normalized spacial score (nSPS) is 12.2. The number of unbranched alkanes of at least 4 members (excludes halogenated alkanes) is 2. The third-order valence-corrected chi connectivity index (χ3v) is 8.82. The van der Waals surface area contributed by atoms with Gasteiger partial charge in [-0.1, -0.05) is 36.8 Å². The smallest absolute Gasteiger partial charge is 0.305 e. The van der Waals surface area contributed by atoms with Gasteiger partial charge in [0.2, 0.25) is 23.6 Å². The van der Waals surface area contributed by atoms with Gasteiger partial charge in [-0.2, -0.15) is 11.8 Å². The maximum absolute atomic E-state index is 13.2. The molecule has 15 heteroatoms. The fraction of sp³-hybridized carbons (Fsp3) is 0.514. The Morgan fingerprint density at radius 1 is 0.880 bits per heavy atom. The van der Waals surface area contributed by atoms with Crippen molar-refractivity contribution in [1.29, 1.82) is 0 Å². The molecule has 2 rings (SSSR count). The largest absolute Gasteiger partial charge is 0.508 e. The standard InChI is InChI=1S/C35H51N5O7S.ClH.H2O/c1-22-18-30(41)24(3)23(2)26(22)20-27(36)33(44)40-28(15-17-48-5)34(45)38-21-31(42)39-29(19-25-12-8-6-9-13-25)35(46)37-16-11-7-10-14-32(43)47-4;;/h6,8-9,12-13,18,27-29,41H,7,10-11,14-17,19-21,36H2,1-5H3,(H,37,46)(H,38,45)(H,39,42)(H,40,44);1H;1H2/t27-,28+,29-;;/m0../s1. The Bertz CT molecular complexity index is 1400. The van der Waals surface area contributed by atoms with Crippen molar-refractivity contribution in [2.45, 2.75) is 83.8 Å². The van der Waals surface area contributed by atoms with Crippen molar-refractivity contribution in [3.8, 4) is 5.75 Å². The molecule has 50 heavy (non-hydrogen) atoms. The molecule has 0 bridgehead atoms. The van der Waals surface area contributed by atoms with Crippen LogP contribution in [0.3, 0.4) is 0 Å². The maximum Gasteiger partial charge on any atom is 0.305 e. The Morgan fingerprint density at radius 3 is 2.18 bits per heavy atom. The van der Waals surface area contributed by atoms with Crippen LogP contribution in [0.4, 0.5) is 0 Å². The number of nitrogens with two attached hydrogens (primary N) is 1. The summed E-state index contributed by atoms with van der Waals surface area (Å²) in [4.78, 5) is 63.6. The number of aryl methyl sites for hydroxylation is 1. The molecule has 4 amide bonds. The van der Waals surface area contributed by atoms with E-state index in [1.54, 1.807) is 13.0 Å². The molecule has 0 aromatic heterocycles. The van der Waals surface area contributed by atoms with E-state index in [0.29, 0.717) is 38.0 Å². The lowest BCUT2D eigenvalue weighted by Gasteiger charge is -2.22. The molecule has 0 aliphatic heterocycles. The summed E-state index contributed by atoms with van der Waals surface area (Å²) in [6, 6.07) is 8.16. The number of benzene rings is 2. The fourth-order valence-electron chi connectivity index (χ4n) is 5.13. The highest BCUT2D eigenvalue weighted by atomic mass is 35.5. The summed E-state index contributed by atoms with van der Waals surface area (Å²) in [6.07, 6.45) is 5.03. The van der Waals surface area contributed by atoms with E-state index >= 15 is 0 Å². The average Bonchev–Trinajstić information content (AvgIpc) is 3.07. The molecular formula is C35H54ClN5O8S. The number of carbonyl (C=O) groups excluding carboxylic acids is 5. The van der Waals surface area contributed by atoms with E-state index in [0.717, 1.165) is 34.2 Å². The van der Waals surface area contributed by atoms with Gasteiger partial charge in [0.1, 0.15) is 17.8 Å². The van der Waals surface area contributed by atoms with Crippen LogP contribution in [0, 0.1) is 20.8 Å². The second kappa shape index (κ2) is 24.3. The van der Waals surface area contributed by atoms with Crippen molar-refractivity contribution in [3.05, 3.63) is 64.2 Å². The number of nitrogens with one attached hydrogen (secondary N) is 4. The Hall–Kier alpha value is -3.85. The number of ether oxygens (including phenoxy) is 1. The van der Waals surface area contributed by atoms with Gasteiger partial charge in [-0.05, 0) is 92.3 Å². The van der Waals surface area contributed by atoms with Crippen molar-refractivity contribution in [1.82, 2.24) is 21.3 Å². The molecule has 0 saturated carbocycles. The summed E-state index contributed by atoms with van der Waals surface area (Å²) in [5.41, 5.74) is 10.4. The van der Waals surface area contributed by atoms with Crippen LogP contribution in [-0.2, 0) is 41.6 Å². The third-order valence-electron chi connectivity index (χ3n) is 8.18. The molecule has 0 aliphatic rings. The molecule has 2 aromatic carbocycles. The van der Waals surface area contributed by atoms with Gasteiger partial charge in [0.15, 0.2) is 0 Å². The van der Waals surface area contributed by atoms with E-state index in [-0.39, 0.29) is 48.4 Å². The van der Waals surface area contributed by atoms with Gasteiger partial charge < -0.3 is 42.3 Å². The number of rotatable bonds is 20. The number of halogens is 1. The van der Waals surface area contributed by atoms with Crippen LogP contribution in [0.1, 0.15) is 59.9 Å². The van der Waals surface area contributed by atoms with Crippen LogP contribution in [-0.4, -0.2) is 90.5 Å². The minimum atomic E-state index is -0.940. The van der Waals surface area contributed by atoms with E-state index in [1.165, 1.54) is 18.9 Å². The van der Waals surface area contributed by atoms with Gasteiger partial charge in [-0.15, -0.1) is 12.4 Å². The van der Waals surface area contributed by atoms with Gasteiger partial charge in [0.25, 0.3) is 0 Å². The van der Waals surface area contributed by atoms with Gasteiger partial charge in [-0.25, -0.2) is 0 Å². The van der Waals surface area contributed by atoms with Crippen molar-refractivity contribution in [2.24, 2.45) is 5.73 Å². The number of esters is 1. The molecule has 9 N–H and O–H groups in total. The highest BCUT2D eigenvalue weighted by Gasteiger charge is 2.26. The van der Waals surface area contributed by atoms with E-state index in [9.17, 15) is 29.1 Å². The van der Waals surface area contributed by atoms with Crippen LogP contribution in [0.25, 0.3) is 0 Å². The Kier molecular flexibility index (Phi) is 22.5. The van der Waals surface area contributed by atoms with Crippen LogP contribution < -0.4 is 27.0 Å². The summed E-state index contributed by atoms with van der Waals surface area (Å²) in [5.74, 6) is -1.47.